The second-order valence-corrected chi connectivity index (χ2v) is 7.57. The first-order valence-corrected chi connectivity index (χ1v) is 9.68. The van der Waals surface area contributed by atoms with E-state index in [4.69, 9.17) is 5.73 Å². The van der Waals surface area contributed by atoms with Gasteiger partial charge in [-0.3, -0.25) is 4.79 Å². The van der Waals surface area contributed by atoms with Crippen molar-refractivity contribution in [1.29, 1.82) is 0 Å². The number of amides is 1. The van der Waals surface area contributed by atoms with Crippen molar-refractivity contribution < 1.29 is 18.3 Å². The van der Waals surface area contributed by atoms with Crippen molar-refractivity contribution in [3.8, 4) is 0 Å². The molecule has 0 heterocycles. The Labute approximate surface area is 165 Å². The first-order valence-electron chi connectivity index (χ1n) is 8.20. The van der Waals surface area contributed by atoms with E-state index in [0.717, 1.165) is 5.56 Å². The van der Waals surface area contributed by atoms with Crippen LogP contribution in [0.5, 0.6) is 0 Å². The molecule has 0 aliphatic rings. The Balaban J connectivity index is 0.00000364. The number of carbonyl (C=O) groups is 1. The van der Waals surface area contributed by atoms with Gasteiger partial charge in [0.25, 0.3) is 5.91 Å². The number of halogens is 1. The maximum absolute atomic E-state index is 12.0. The zero-order valence-corrected chi connectivity index (χ0v) is 16.2. The number of rotatable bonds is 9. The molecule has 2 atom stereocenters. The maximum Gasteiger partial charge on any atom is 0.250 e. The van der Waals surface area contributed by atoms with Crippen LogP contribution in [0.4, 0.5) is 0 Å². The van der Waals surface area contributed by atoms with Crippen molar-refractivity contribution in [3.05, 3.63) is 66.2 Å². The van der Waals surface area contributed by atoms with Gasteiger partial charge in [0.1, 0.15) is 6.10 Å². The quantitative estimate of drug-likeness (QED) is 0.444. The molecule has 0 aliphatic heterocycles. The molecule has 0 aliphatic carbocycles. The molecule has 2 aromatic rings. The molecule has 0 fully saturated rings. The highest BCUT2D eigenvalue weighted by Crippen LogP contribution is 2.06. The molecule has 0 saturated carbocycles. The third-order valence-electron chi connectivity index (χ3n) is 3.76. The Morgan fingerprint density at radius 1 is 1.00 bits per heavy atom. The lowest BCUT2D eigenvalue weighted by Gasteiger charge is -2.18. The van der Waals surface area contributed by atoms with E-state index in [9.17, 15) is 18.3 Å². The SMILES string of the molecule is Cl.NC(Cc1ccccc1)C(O)C(=O)NCCNS(=O)(=O)c1ccccc1. The number of hydrogen-bond acceptors (Lipinski definition) is 5. The number of nitrogens with two attached hydrogens (primary N) is 1. The Morgan fingerprint density at radius 3 is 2.15 bits per heavy atom. The van der Waals surface area contributed by atoms with Gasteiger partial charge in [-0.05, 0) is 24.1 Å². The molecule has 0 aromatic heterocycles. The van der Waals surface area contributed by atoms with Gasteiger partial charge in [0.15, 0.2) is 0 Å². The fraction of sp³-hybridized carbons (Fsp3) is 0.278. The van der Waals surface area contributed by atoms with Gasteiger partial charge in [-0.15, -0.1) is 12.4 Å². The van der Waals surface area contributed by atoms with Gasteiger partial charge in [-0.1, -0.05) is 48.5 Å². The van der Waals surface area contributed by atoms with Crippen molar-refractivity contribution in [1.82, 2.24) is 10.0 Å². The third-order valence-corrected chi connectivity index (χ3v) is 5.24. The maximum atomic E-state index is 12.0. The Kier molecular flexibility index (Phi) is 9.40. The van der Waals surface area contributed by atoms with Gasteiger partial charge in [0, 0.05) is 19.1 Å². The largest absolute Gasteiger partial charge is 0.382 e. The minimum absolute atomic E-state index is 0. The summed E-state index contributed by atoms with van der Waals surface area (Å²) in [5, 5.41) is 12.5. The number of nitrogens with one attached hydrogen (secondary N) is 2. The minimum atomic E-state index is -3.62. The van der Waals surface area contributed by atoms with Crippen LogP contribution in [0.15, 0.2) is 65.6 Å². The Hall–Kier alpha value is -1.97. The highest BCUT2D eigenvalue weighted by atomic mass is 35.5. The molecule has 7 nitrogen and oxygen atoms in total. The summed E-state index contributed by atoms with van der Waals surface area (Å²) in [5.41, 5.74) is 6.80. The summed E-state index contributed by atoms with van der Waals surface area (Å²) >= 11 is 0. The lowest BCUT2D eigenvalue weighted by Crippen LogP contribution is -2.48. The number of aliphatic hydroxyl groups excluding tert-OH is 1. The summed E-state index contributed by atoms with van der Waals surface area (Å²) in [6.07, 6.45) is -1.02. The molecule has 0 bridgehead atoms. The summed E-state index contributed by atoms with van der Waals surface area (Å²) in [4.78, 5) is 12.1. The normalized spacial score (nSPS) is 13.3. The second-order valence-electron chi connectivity index (χ2n) is 5.80. The summed E-state index contributed by atoms with van der Waals surface area (Å²) in [7, 11) is -3.62. The molecular formula is C18H24ClN3O4S. The van der Waals surface area contributed by atoms with E-state index in [1.165, 1.54) is 12.1 Å². The lowest BCUT2D eigenvalue weighted by atomic mass is 10.0. The molecule has 148 valence electrons. The molecule has 2 unspecified atom stereocenters. The molecule has 9 heteroatoms. The Bertz CT molecular complexity index is 804. The summed E-state index contributed by atoms with van der Waals surface area (Å²) in [6.45, 7) is 0.0453. The molecule has 0 spiro atoms. The number of carbonyl (C=O) groups excluding carboxylic acids is 1. The predicted octanol–water partition coefficient (Wildman–Crippen LogP) is 0.434. The Morgan fingerprint density at radius 2 is 1.56 bits per heavy atom. The monoisotopic (exact) mass is 413 g/mol. The van der Waals surface area contributed by atoms with Crippen LogP contribution in [-0.2, 0) is 21.2 Å². The van der Waals surface area contributed by atoms with Gasteiger partial charge >= 0.3 is 0 Å². The van der Waals surface area contributed by atoms with E-state index >= 15 is 0 Å². The van der Waals surface area contributed by atoms with Gasteiger partial charge in [-0.2, -0.15) is 0 Å². The molecule has 2 rings (SSSR count). The number of sulfonamides is 1. The van der Waals surface area contributed by atoms with E-state index < -0.39 is 28.1 Å². The molecule has 5 N–H and O–H groups in total. The average molecular weight is 414 g/mol. The molecular weight excluding hydrogens is 390 g/mol. The van der Waals surface area contributed by atoms with E-state index in [2.05, 4.69) is 10.0 Å². The van der Waals surface area contributed by atoms with E-state index in [1.807, 2.05) is 30.3 Å². The van der Waals surface area contributed by atoms with Crippen molar-refractivity contribution >= 4 is 28.3 Å². The van der Waals surface area contributed by atoms with Gasteiger partial charge in [-0.25, -0.2) is 13.1 Å². The van der Waals surface area contributed by atoms with Crippen molar-refractivity contribution in [3.63, 3.8) is 0 Å². The summed E-state index contributed by atoms with van der Waals surface area (Å²) in [6, 6.07) is 16.5. The topological polar surface area (TPSA) is 122 Å². The van der Waals surface area contributed by atoms with Gasteiger partial charge < -0.3 is 16.2 Å². The number of hydrogen-bond donors (Lipinski definition) is 4. The van der Waals surface area contributed by atoms with Crippen LogP contribution in [0.1, 0.15) is 5.56 Å². The molecule has 27 heavy (non-hydrogen) atoms. The van der Waals surface area contributed by atoms with Crippen molar-refractivity contribution in [2.24, 2.45) is 5.73 Å². The number of benzene rings is 2. The van der Waals surface area contributed by atoms with Crippen LogP contribution in [0.2, 0.25) is 0 Å². The van der Waals surface area contributed by atoms with Crippen molar-refractivity contribution in [2.75, 3.05) is 13.1 Å². The fourth-order valence-corrected chi connectivity index (χ4v) is 3.40. The zero-order valence-electron chi connectivity index (χ0n) is 14.6. The van der Waals surface area contributed by atoms with E-state index in [1.54, 1.807) is 18.2 Å². The minimum Gasteiger partial charge on any atom is -0.382 e. The summed E-state index contributed by atoms with van der Waals surface area (Å²) < 4.78 is 26.4. The third kappa shape index (κ3) is 7.28. The van der Waals surface area contributed by atoms with Gasteiger partial charge in [0.2, 0.25) is 10.0 Å². The van der Waals surface area contributed by atoms with Crippen LogP contribution in [0.3, 0.4) is 0 Å². The first kappa shape index (κ1) is 23.1. The first-order chi connectivity index (χ1) is 12.4. The predicted molar refractivity (Wildman–Crippen MR) is 106 cm³/mol. The van der Waals surface area contributed by atoms with Crippen LogP contribution in [-0.4, -0.2) is 44.7 Å². The number of aliphatic hydroxyl groups is 1. The smallest absolute Gasteiger partial charge is 0.250 e. The van der Waals surface area contributed by atoms with Crippen LogP contribution in [0, 0.1) is 0 Å². The molecule has 0 saturated heterocycles. The zero-order chi connectivity index (χ0) is 19.0. The van der Waals surface area contributed by atoms with Crippen LogP contribution < -0.4 is 15.8 Å². The highest BCUT2D eigenvalue weighted by Gasteiger charge is 2.23. The molecule has 0 radical (unpaired) electrons. The molecule has 1 amide bonds. The summed E-state index contributed by atoms with van der Waals surface area (Å²) in [5.74, 6) is -0.632. The fourth-order valence-electron chi connectivity index (χ4n) is 2.35. The lowest BCUT2D eigenvalue weighted by molar-refractivity contribution is -0.130. The van der Waals surface area contributed by atoms with Gasteiger partial charge in [0.05, 0.1) is 4.90 Å². The van der Waals surface area contributed by atoms with E-state index in [0.29, 0.717) is 6.42 Å². The van der Waals surface area contributed by atoms with Crippen molar-refractivity contribution in [2.45, 2.75) is 23.5 Å². The highest BCUT2D eigenvalue weighted by molar-refractivity contribution is 7.89. The van der Waals surface area contributed by atoms with Crippen LogP contribution in [0.25, 0.3) is 0 Å². The second kappa shape index (κ2) is 11.0. The van der Waals surface area contributed by atoms with E-state index in [-0.39, 0.29) is 30.4 Å². The average Bonchev–Trinajstić information content (AvgIpc) is 2.66. The molecule has 2 aromatic carbocycles. The standard InChI is InChI=1S/C18H23N3O4S.ClH/c19-16(13-14-7-3-1-4-8-14)17(22)18(23)20-11-12-21-26(24,25)15-9-5-2-6-10-15;/h1-10,16-17,21-22H,11-13,19H2,(H,20,23);1H. The van der Waals surface area contributed by atoms with Crippen LogP contribution >= 0.6 is 12.4 Å².